The summed E-state index contributed by atoms with van der Waals surface area (Å²) in [6.45, 7) is 4.71. The number of likely N-dealkylation sites (tertiary alicyclic amines) is 1. The van der Waals surface area contributed by atoms with Crippen molar-refractivity contribution < 1.29 is 9.53 Å². The predicted molar refractivity (Wildman–Crippen MR) is 111 cm³/mol. The molecular weight excluding hydrogens is 366 g/mol. The molecule has 1 amide bonds. The molecule has 1 aromatic carbocycles. The Kier molecular flexibility index (Phi) is 6.13. The summed E-state index contributed by atoms with van der Waals surface area (Å²) in [7, 11) is 1.67. The molecule has 0 aliphatic carbocycles. The highest BCUT2D eigenvalue weighted by atomic mass is 16.5. The van der Waals surface area contributed by atoms with Crippen LogP contribution in [0.25, 0.3) is 0 Å². The Balaban J connectivity index is 1.60. The van der Waals surface area contributed by atoms with Gasteiger partial charge in [-0.25, -0.2) is 4.68 Å². The highest BCUT2D eigenvalue weighted by Gasteiger charge is 2.31. The molecular formula is C22H31N5O2. The minimum absolute atomic E-state index is 0.00500. The largest absolute Gasteiger partial charge is 0.497 e. The van der Waals surface area contributed by atoms with Gasteiger partial charge in [-0.15, -0.1) is 5.10 Å². The molecule has 1 atom stereocenters. The number of amides is 1. The third-order valence-electron chi connectivity index (χ3n) is 6.30. The number of benzene rings is 1. The van der Waals surface area contributed by atoms with E-state index in [2.05, 4.69) is 27.8 Å². The Hall–Kier alpha value is -2.41. The summed E-state index contributed by atoms with van der Waals surface area (Å²) >= 11 is 0. The third-order valence-corrected chi connectivity index (χ3v) is 6.30. The van der Waals surface area contributed by atoms with E-state index in [0.29, 0.717) is 11.7 Å². The standard InChI is InChI=1S/C22H31N5O2/c1-16-21(24-25-27(16)18-11-13-23-14-12-18)22(28)26-15-5-3-4-6-20(26)17-7-9-19(29-2)10-8-17/h7-10,18,20,23H,3-6,11-15H2,1-2H3. The lowest BCUT2D eigenvalue weighted by Crippen LogP contribution is -2.35. The molecule has 2 fully saturated rings. The average Bonchev–Trinajstić information content (AvgIpc) is 2.99. The molecule has 2 aliphatic rings. The van der Waals surface area contributed by atoms with E-state index in [4.69, 9.17) is 4.74 Å². The first kappa shape index (κ1) is 19.9. The molecule has 156 valence electrons. The first-order chi connectivity index (χ1) is 14.2. The zero-order valence-electron chi connectivity index (χ0n) is 17.4. The number of nitrogens with zero attached hydrogens (tertiary/aromatic N) is 4. The number of piperidine rings is 1. The van der Waals surface area contributed by atoms with Crippen LogP contribution in [-0.2, 0) is 0 Å². The van der Waals surface area contributed by atoms with E-state index in [1.165, 1.54) is 0 Å². The van der Waals surface area contributed by atoms with Gasteiger partial charge in [0, 0.05) is 6.54 Å². The number of carbonyl (C=O) groups excluding carboxylic acids is 1. The normalized spacial score (nSPS) is 21.0. The molecule has 2 aromatic rings. The van der Waals surface area contributed by atoms with E-state index < -0.39 is 0 Å². The molecule has 2 aliphatic heterocycles. The topological polar surface area (TPSA) is 72.3 Å². The maximum absolute atomic E-state index is 13.5. The number of hydrogen-bond acceptors (Lipinski definition) is 5. The van der Waals surface area contributed by atoms with Crippen LogP contribution in [0.15, 0.2) is 24.3 Å². The van der Waals surface area contributed by atoms with Crippen LogP contribution >= 0.6 is 0 Å². The van der Waals surface area contributed by atoms with Crippen LogP contribution in [0.5, 0.6) is 5.75 Å². The molecule has 7 heteroatoms. The van der Waals surface area contributed by atoms with Gasteiger partial charge in [0.2, 0.25) is 0 Å². The molecule has 4 rings (SSSR count). The zero-order valence-corrected chi connectivity index (χ0v) is 17.4. The number of nitrogens with one attached hydrogen (secondary N) is 1. The second-order valence-electron chi connectivity index (χ2n) is 8.09. The van der Waals surface area contributed by atoms with Gasteiger partial charge < -0.3 is 15.0 Å². The Bertz CT molecular complexity index is 826. The number of hydrogen-bond donors (Lipinski definition) is 1. The van der Waals surface area contributed by atoms with Crippen molar-refractivity contribution in [2.75, 3.05) is 26.7 Å². The fraction of sp³-hybridized carbons (Fsp3) is 0.591. The fourth-order valence-electron chi connectivity index (χ4n) is 4.60. The zero-order chi connectivity index (χ0) is 20.2. The summed E-state index contributed by atoms with van der Waals surface area (Å²) in [5.41, 5.74) is 2.55. The first-order valence-corrected chi connectivity index (χ1v) is 10.8. The van der Waals surface area contributed by atoms with Crippen LogP contribution in [0.3, 0.4) is 0 Å². The van der Waals surface area contributed by atoms with E-state index in [-0.39, 0.29) is 11.9 Å². The summed E-state index contributed by atoms with van der Waals surface area (Å²) < 4.78 is 7.26. The van der Waals surface area contributed by atoms with E-state index in [1.54, 1.807) is 7.11 Å². The molecule has 0 spiro atoms. The highest BCUT2D eigenvalue weighted by molar-refractivity contribution is 5.93. The molecule has 0 saturated carbocycles. The lowest BCUT2D eigenvalue weighted by Gasteiger charge is -2.30. The van der Waals surface area contributed by atoms with Crippen LogP contribution in [-0.4, -0.2) is 52.5 Å². The highest BCUT2D eigenvalue weighted by Crippen LogP contribution is 2.32. The van der Waals surface area contributed by atoms with Crippen molar-refractivity contribution >= 4 is 5.91 Å². The minimum Gasteiger partial charge on any atom is -0.497 e. The van der Waals surface area contributed by atoms with Gasteiger partial charge >= 0.3 is 0 Å². The average molecular weight is 398 g/mol. The number of ether oxygens (including phenoxy) is 1. The fourth-order valence-corrected chi connectivity index (χ4v) is 4.60. The van der Waals surface area contributed by atoms with Crippen LogP contribution < -0.4 is 10.1 Å². The van der Waals surface area contributed by atoms with Gasteiger partial charge in [-0.2, -0.15) is 0 Å². The van der Waals surface area contributed by atoms with Gasteiger partial charge in [0.1, 0.15) is 5.75 Å². The molecule has 29 heavy (non-hydrogen) atoms. The lowest BCUT2D eigenvalue weighted by molar-refractivity contribution is 0.0674. The molecule has 7 nitrogen and oxygen atoms in total. The molecule has 3 heterocycles. The van der Waals surface area contributed by atoms with Crippen molar-refractivity contribution in [1.82, 2.24) is 25.2 Å². The van der Waals surface area contributed by atoms with Gasteiger partial charge in [0.15, 0.2) is 5.69 Å². The van der Waals surface area contributed by atoms with Gasteiger partial charge in [-0.3, -0.25) is 4.79 Å². The number of rotatable bonds is 4. The Morgan fingerprint density at radius 1 is 1.10 bits per heavy atom. The summed E-state index contributed by atoms with van der Waals surface area (Å²) in [4.78, 5) is 15.6. The first-order valence-electron chi connectivity index (χ1n) is 10.8. The van der Waals surface area contributed by atoms with Gasteiger partial charge in [0.25, 0.3) is 5.91 Å². The monoisotopic (exact) mass is 397 g/mol. The van der Waals surface area contributed by atoms with Gasteiger partial charge in [-0.05, 0) is 63.4 Å². The smallest absolute Gasteiger partial charge is 0.276 e. The Morgan fingerprint density at radius 3 is 2.59 bits per heavy atom. The molecule has 2 saturated heterocycles. The van der Waals surface area contributed by atoms with Crippen LogP contribution in [0, 0.1) is 6.92 Å². The van der Waals surface area contributed by atoms with Crippen molar-refractivity contribution in [1.29, 1.82) is 0 Å². The SMILES string of the molecule is COc1ccc(C2CCCCCN2C(=O)c2nnn(C3CCNCC3)c2C)cc1. The van der Waals surface area contributed by atoms with Crippen molar-refractivity contribution in [2.24, 2.45) is 0 Å². The number of carbonyl (C=O) groups is 1. The van der Waals surface area contributed by atoms with E-state index >= 15 is 0 Å². The van der Waals surface area contributed by atoms with Crippen molar-refractivity contribution in [3.63, 3.8) is 0 Å². The molecule has 0 bridgehead atoms. The van der Waals surface area contributed by atoms with E-state index in [9.17, 15) is 4.79 Å². The van der Waals surface area contributed by atoms with Crippen LogP contribution in [0.1, 0.15) is 72.4 Å². The quantitative estimate of drug-likeness (QED) is 0.857. The summed E-state index contributed by atoms with van der Waals surface area (Å²) in [6.07, 6.45) is 6.32. The molecule has 1 aromatic heterocycles. The predicted octanol–water partition coefficient (Wildman–Crippen LogP) is 3.28. The van der Waals surface area contributed by atoms with Gasteiger partial charge in [-0.1, -0.05) is 30.2 Å². The summed E-state index contributed by atoms with van der Waals surface area (Å²) in [6, 6.07) is 8.50. The van der Waals surface area contributed by atoms with Crippen molar-refractivity contribution in [3.05, 3.63) is 41.2 Å². The second kappa shape index (κ2) is 8.95. The molecule has 1 N–H and O–H groups in total. The summed E-state index contributed by atoms with van der Waals surface area (Å²) in [5, 5.41) is 12.1. The van der Waals surface area contributed by atoms with Crippen LogP contribution in [0.2, 0.25) is 0 Å². The third kappa shape index (κ3) is 4.15. The van der Waals surface area contributed by atoms with Crippen molar-refractivity contribution in [3.8, 4) is 5.75 Å². The van der Waals surface area contributed by atoms with Gasteiger partial charge in [0.05, 0.1) is 24.9 Å². The lowest BCUT2D eigenvalue weighted by atomic mass is 10.00. The molecule has 0 radical (unpaired) electrons. The van der Waals surface area contributed by atoms with Crippen LogP contribution in [0.4, 0.5) is 0 Å². The van der Waals surface area contributed by atoms with Crippen molar-refractivity contribution in [2.45, 2.75) is 57.5 Å². The summed E-state index contributed by atoms with van der Waals surface area (Å²) in [5.74, 6) is 0.839. The number of aromatic nitrogens is 3. The van der Waals surface area contributed by atoms with E-state index in [0.717, 1.165) is 75.2 Å². The molecule has 1 unspecified atom stereocenters. The van der Waals surface area contributed by atoms with E-state index in [1.807, 2.05) is 28.6 Å². The maximum atomic E-state index is 13.5. The number of methoxy groups -OCH3 is 1. The minimum atomic E-state index is 0.00500. The Labute approximate surface area is 172 Å². The second-order valence-corrected chi connectivity index (χ2v) is 8.09. The maximum Gasteiger partial charge on any atom is 0.276 e. The Morgan fingerprint density at radius 2 is 1.86 bits per heavy atom.